The number of hydrogen-bond acceptors (Lipinski definition) is 4. The number of benzene rings is 2. The molecule has 2 aliphatic rings. The van der Waals surface area contributed by atoms with E-state index in [2.05, 4.69) is 52.2 Å². The Kier molecular flexibility index (Phi) is 4.21. The minimum Gasteiger partial charge on any atom is -0.478 e. The Hall–Kier alpha value is -2.60. The summed E-state index contributed by atoms with van der Waals surface area (Å²) in [6.45, 7) is 11.2. The lowest BCUT2D eigenvalue weighted by molar-refractivity contribution is 0.0692. The molecule has 154 valence electrons. The second-order valence-electron chi connectivity index (χ2n) is 9.55. The number of hydrazine groups is 2. The average molecular weight is 397 g/mol. The van der Waals surface area contributed by atoms with Crippen molar-refractivity contribution in [3.63, 3.8) is 0 Å². The number of rotatable bonds is 2. The number of carboxylic acids is 1. The van der Waals surface area contributed by atoms with Crippen molar-refractivity contribution in [2.45, 2.75) is 58.3 Å². The van der Waals surface area contributed by atoms with Crippen LogP contribution in [0.1, 0.15) is 67.6 Å². The van der Waals surface area contributed by atoms with Crippen LogP contribution < -0.4 is 10.4 Å². The number of carboxylic acid groups (broad SMARTS) is 1. The molecule has 0 saturated heterocycles. The summed E-state index contributed by atoms with van der Waals surface area (Å²) in [6, 6.07) is 7.13. The van der Waals surface area contributed by atoms with E-state index in [-0.39, 0.29) is 16.4 Å². The van der Waals surface area contributed by atoms with Crippen molar-refractivity contribution in [3.8, 4) is 0 Å². The highest BCUT2D eigenvalue weighted by Gasteiger charge is 2.39. The highest BCUT2D eigenvalue weighted by atomic mass is 19.1. The van der Waals surface area contributed by atoms with Crippen molar-refractivity contribution >= 4 is 23.0 Å². The molecule has 5 nitrogen and oxygen atoms in total. The molecule has 1 heterocycles. The Bertz CT molecular complexity index is 1030. The molecule has 6 heteroatoms. The highest BCUT2D eigenvalue weighted by molar-refractivity contribution is 5.93. The van der Waals surface area contributed by atoms with Crippen LogP contribution in [0.4, 0.5) is 21.5 Å². The van der Waals surface area contributed by atoms with Crippen LogP contribution in [0.25, 0.3) is 0 Å². The number of hydrogen-bond donors (Lipinski definition) is 2. The number of nitrogens with one attached hydrogen (secondary N) is 1. The number of nitrogens with zero attached hydrogens (tertiary/aromatic N) is 2. The van der Waals surface area contributed by atoms with Crippen LogP contribution >= 0.6 is 0 Å². The molecule has 1 aliphatic carbocycles. The van der Waals surface area contributed by atoms with Gasteiger partial charge in [0.25, 0.3) is 0 Å². The van der Waals surface area contributed by atoms with E-state index in [0.717, 1.165) is 24.1 Å². The van der Waals surface area contributed by atoms with Crippen LogP contribution in [-0.2, 0) is 10.8 Å². The van der Waals surface area contributed by atoms with E-state index in [1.54, 1.807) is 5.12 Å². The van der Waals surface area contributed by atoms with Crippen molar-refractivity contribution in [2.75, 3.05) is 17.5 Å². The monoisotopic (exact) mass is 397 g/mol. The van der Waals surface area contributed by atoms with Crippen LogP contribution in [0.5, 0.6) is 0 Å². The van der Waals surface area contributed by atoms with Gasteiger partial charge in [0.1, 0.15) is 5.82 Å². The Balaban J connectivity index is 1.89. The van der Waals surface area contributed by atoms with Gasteiger partial charge in [0.05, 0.1) is 22.6 Å². The zero-order valence-electron chi connectivity index (χ0n) is 17.9. The van der Waals surface area contributed by atoms with Gasteiger partial charge in [0.2, 0.25) is 0 Å². The Labute approximate surface area is 171 Å². The summed E-state index contributed by atoms with van der Waals surface area (Å²) in [5.74, 6) is -2.02. The van der Waals surface area contributed by atoms with Crippen LogP contribution in [0.3, 0.4) is 0 Å². The fraction of sp³-hybridized carbons (Fsp3) is 0.435. The first-order valence-electron chi connectivity index (χ1n) is 9.95. The van der Waals surface area contributed by atoms with Crippen molar-refractivity contribution in [3.05, 3.63) is 52.3 Å². The quantitative estimate of drug-likeness (QED) is 0.700. The molecule has 0 radical (unpaired) electrons. The topological polar surface area (TPSA) is 55.8 Å². The molecule has 0 saturated carbocycles. The van der Waals surface area contributed by atoms with Gasteiger partial charge in [-0.2, -0.15) is 0 Å². The maximum atomic E-state index is 14.5. The predicted molar refractivity (Wildman–Crippen MR) is 113 cm³/mol. The maximum absolute atomic E-state index is 14.5. The van der Waals surface area contributed by atoms with E-state index in [1.165, 1.54) is 23.3 Å². The average Bonchev–Trinajstić information content (AvgIpc) is 2.93. The number of fused-ring (bicyclic) bond motifs is 2. The smallest absolute Gasteiger partial charge is 0.338 e. The van der Waals surface area contributed by atoms with E-state index in [1.807, 2.05) is 12.1 Å². The fourth-order valence-electron chi connectivity index (χ4n) is 4.61. The molecular weight excluding hydrogens is 369 g/mol. The zero-order chi connectivity index (χ0) is 21.3. The molecule has 0 unspecified atom stereocenters. The maximum Gasteiger partial charge on any atom is 0.338 e. The first-order chi connectivity index (χ1) is 13.4. The minimum atomic E-state index is -1.28. The molecule has 1 aliphatic heterocycles. The van der Waals surface area contributed by atoms with E-state index in [4.69, 9.17) is 0 Å². The van der Waals surface area contributed by atoms with Gasteiger partial charge in [-0.3, -0.25) is 10.4 Å². The normalized spacial score (nSPS) is 19.5. The molecule has 2 aromatic carbocycles. The molecule has 4 rings (SSSR count). The third-order valence-corrected chi connectivity index (χ3v) is 6.52. The Morgan fingerprint density at radius 2 is 1.62 bits per heavy atom. The van der Waals surface area contributed by atoms with E-state index in [0.29, 0.717) is 11.4 Å². The molecule has 2 N–H and O–H groups in total. The van der Waals surface area contributed by atoms with Crippen molar-refractivity contribution < 1.29 is 14.3 Å². The molecule has 0 amide bonds. The van der Waals surface area contributed by atoms with Gasteiger partial charge in [0.15, 0.2) is 0 Å². The van der Waals surface area contributed by atoms with E-state index >= 15 is 0 Å². The van der Waals surface area contributed by atoms with Crippen molar-refractivity contribution in [1.82, 2.24) is 5.12 Å². The summed E-state index contributed by atoms with van der Waals surface area (Å²) in [4.78, 5) is 11.3. The SMILES string of the molecule is Cc1cc2c(cc1N1c3cc(F)c(C(=O)O)cc3NN1C)C(C)(C)CCC2(C)C. The summed E-state index contributed by atoms with van der Waals surface area (Å²) in [6.07, 6.45) is 2.25. The van der Waals surface area contributed by atoms with Gasteiger partial charge >= 0.3 is 5.97 Å². The first-order valence-corrected chi connectivity index (χ1v) is 9.95. The standard InChI is InChI=1S/C23H28FN3O2/c1-13-9-15-16(23(4,5)8-7-22(15,2)3)11-19(13)27-20-12-17(24)14(21(28)29)10-18(20)25-26(27)6/h9-12,25H,7-8H2,1-6H3,(H,28,29). The highest BCUT2D eigenvalue weighted by Crippen LogP contribution is 2.49. The molecule has 0 bridgehead atoms. The lowest BCUT2D eigenvalue weighted by Crippen LogP contribution is -2.37. The number of carbonyl (C=O) groups is 1. The molecule has 0 atom stereocenters. The number of aromatic carboxylic acids is 1. The second kappa shape index (κ2) is 6.20. The summed E-state index contributed by atoms with van der Waals surface area (Å²) in [5, 5.41) is 12.9. The molecule has 0 aromatic heterocycles. The third kappa shape index (κ3) is 2.97. The van der Waals surface area contributed by atoms with E-state index < -0.39 is 11.8 Å². The first kappa shape index (κ1) is 19.7. The summed E-state index contributed by atoms with van der Waals surface area (Å²) >= 11 is 0. The summed E-state index contributed by atoms with van der Waals surface area (Å²) in [7, 11) is 1.84. The van der Waals surface area contributed by atoms with Gasteiger partial charge in [-0.1, -0.05) is 33.8 Å². The number of aryl methyl sites for hydroxylation is 1. The summed E-state index contributed by atoms with van der Waals surface area (Å²) < 4.78 is 14.5. The van der Waals surface area contributed by atoms with Gasteiger partial charge < -0.3 is 5.11 Å². The second-order valence-corrected chi connectivity index (χ2v) is 9.55. The van der Waals surface area contributed by atoms with Crippen molar-refractivity contribution in [2.24, 2.45) is 0 Å². The molecule has 29 heavy (non-hydrogen) atoms. The van der Waals surface area contributed by atoms with Gasteiger partial charge in [-0.15, -0.1) is 5.12 Å². The molecule has 2 aromatic rings. The Morgan fingerprint density at radius 3 is 2.21 bits per heavy atom. The predicted octanol–water partition coefficient (Wildman–Crippen LogP) is 5.51. The molecule has 0 fully saturated rings. The number of anilines is 3. The van der Waals surface area contributed by atoms with Gasteiger partial charge in [-0.05, 0) is 59.4 Å². The van der Waals surface area contributed by atoms with Gasteiger partial charge in [0, 0.05) is 13.1 Å². The zero-order valence-corrected chi connectivity index (χ0v) is 17.9. The van der Waals surface area contributed by atoms with Crippen LogP contribution in [0.2, 0.25) is 0 Å². The molecular formula is C23H28FN3O2. The van der Waals surface area contributed by atoms with Gasteiger partial charge in [-0.25, -0.2) is 9.18 Å². The number of halogens is 1. The summed E-state index contributed by atoms with van der Waals surface area (Å²) in [5.41, 5.74) is 8.90. The minimum absolute atomic E-state index is 0.0558. The lowest BCUT2D eigenvalue weighted by atomic mass is 9.63. The van der Waals surface area contributed by atoms with Crippen molar-refractivity contribution in [1.29, 1.82) is 0 Å². The lowest BCUT2D eigenvalue weighted by Gasteiger charge is -2.43. The van der Waals surface area contributed by atoms with Crippen LogP contribution in [-0.4, -0.2) is 23.2 Å². The fourth-order valence-corrected chi connectivity index (χ4v) is 4.61. The molecule has 0 spiro atoms. The Morgan fingerprint density at radius 1 is 1.03 bits per heavy atom. The largest absolute Gasteiger partial charge is 0.478 e. The van der Waals surface area contributed by atoms with Crippen LogP contribution in [0, 0.1) is 12.7 Å². The van der Waals surface area contributed by atoms with E-state index in [9.17, 15) is 14.3 Å². The van der Waals surface area contributed by atoms with Crippen LogP contribution in [0.15, 0.2) is 24.3 Å². The third-order valence-electron chi connectivity index (χ3n) is 6.52.